The second-order valence-corrected chi connectivity index (χ2v) is 4.77. The molecule has 0 aliphatic carbocycles. The van der Waals surface area contributed by atoms with Gasteiger partial charge < -0.3 is 15.5 Å². The minimum absolute atomic E-state index is 0.153. The highest BCUT2D eigenvalue weighted by atomic mass is 16.2. The van der Waals surface area contributed by atoms with Crippen LogP contribution in [0.2, 0.25) is 0 Å². The molecule has 0 saturated carbocycles. The Morgan fingerprint density at radius 2 is 2.19 bits per heavy atom. The molecule has 1 aliphatic rings. The lowest BCUT2D eigenvalue weighted by atomic mass is 10.2. The second kappa shape index (κ2) is 7.33. The van der Waals surface area contributed by atoms with E-state index in [0.29, 0.717) is 6.54 Å². The van der Waals surface area contributed by atoms with E-state index in [1.54, 1.807) is 6.08 Å². The number of hydrogen-bond acceptors (Lipinski definition) is 4. The highest BCUT2D eigenvalue weighted by Crippen LogP contribution is 2.27. The Hall–Kier alpha value is -2.50. The van der Waals surface area contributed by atoms with E-state index in [2.05, 4.69) is 22.5 Å². The standard InChI is InChI=1S/C15H20N4O2/c1-2-8-17-15(21)18-14(20)11-19-10-5-9-16-12-6-3-4-7-13(12)19/h2-4,6-7,16H,1,5,8-11H2,(H2,17,18,20,21). The molecule has 21 heavy (non-hydrogen) atoms. The summed E-state index contributed by atoms with van der Waals surface area (Å²) in [5, 5.41) is 8.16. The van der Waals surface area contributed by atoms with Gasteiger partial charge in [-0.2, -0.15) is 0 Å². The molecule has 3 N–H and O–H groups in total. The van der Waals surface area contributed by atoms with Crippen molar-refractivity contribution in [1.82, 2.24) is 10.6 Å². The maximum Gasteiger partial charge on any atom is 0.321 e. The third-order valence-electron chi connectivity index (χ3n) is 3.16. The monoisotopic (exact) mass is 288 g/mol. The molecule has 0 atom stereocenters. The molecule has 0 unspecified atom stereocenters. The Labute approximate surface area is 124 Å². The van der Waals surface area contributed by atoms with Gasteiger partial charge >= 0.3 is 6.03 Å². The number of rotatable bonds is 4. The Balaban J connectivity index is 1.97. The number of imide groups is 1. The van der Waals surface area contributed by atoms with Crippen molar-refractivity contribution < 1.29 is 9.59 Å². The molecule has 0 spiro atoms. The van der Waals surface area contributed by atoms with Crippen LogP contribution in [-0.2, 0) is 4.79 Å². The minimum atomic E-state index is -0.499. The number of urea groups is 1. The van der Waals surface area contributed by atoms with Crippen molar-refractivity contribution in [3.05, 3.63) is 36.9 Å². The van der Waals surface area contributed by atoms with Gasteiger partial charge in [0.25, 0.3) is 0 Å². The molecule has 1 heterocycles. The first-order chi connectivity index (χ1) is 10.2. The molecule has 0 radical (unpaired) electrons. The average molecular weight is 288 g/mol. The van der Waals surface area contributed by atoms with E-state index in [4.69, 9.17) is 0 Å². The van der Waals surface area contributed by atoms with Crippen LogP contribution in [0.3, 0.4) is 0 Å². The zero-order valence-electron chi connectivity index (χ0n) is 11.9. The predicted octanol–water partition coefficient (Wildman–Crippen LogP) is 1.32. The number of nitrogens with one attached hydrogen (secondary N) is 3. The van der Waals surface area contributed by atoms with Gasteiger partial charge in [0.1, 0.15) is 0 Å². The van der Waals surface area contributed by atoms with Crippen molar-refractivity contribution in [1.29, 1.82) is 0 Å². The van der Waals surface area contributed by atoms with Crippen molar-refractivity contribution in [3.63, 3.8) is 0 Å². The van der Waals surface area contributed by atoms with Crippen LogP contribution in [0.1, 0.15) is 6.42 Å². The third kappa shape index (κ3) is 4.24. The number of carbonyl (C=O) groups is 2. The second-order valence-electron chi connectivity index (χ2n) is 4.77. The highest BCUT2D eigenvalue weighted by molar-refractivity contribution is 5.96. The van der Waals surface area contributed by atoms with Gasteiger partial charge in [0.15, 0.2) is 0 Å². The fourth-order valence-corrected chi connectivity index (χ4v) is 2.23. The lowest BCUT2D eigenvalue weighted by Gasteiger charge is -2.23. The maximum atomic E-state index is 11.9. The lowest BCUT2D eigenvalue weighted by Crippen LogP contribution is -2.44. The van der Waals surface area contributed by atoms with E-state index >= 15 is 0 Å². The number of para-hydroxylation sites is 2. The number of hydrogen-bond donors (Lipinski definition) is 3. The summed E-state index contributed by atoms with van der Waals surface area (Å²) in [6.45, 7) is 5.62. The van der Waals surface area contributed by atoms with E-state index < -0.39 is 6.03 Å². The maximum absolute atomic E-state index is 11.9. The summed E-state index contributed by atoms with van der Waals surface area (Å²) < 4.78 is 0. The van der Waals surface area contributed by atoms with E-state index in [-0.39, 0.29) is 12.5 Å². The summed E-state index contributed by atoms with van der Waals surface area (Å²) in [5.41, 5.74) is 2.00. The molecular weight excluding hydrogens is 268 g/mol. The van der Waals surface area contributed by atoms with Gasteiger partial charge in [0, 0.05) is 19.6 Å². The minimum Gasteiger partial charge on any atom is -0.383 e. The Morgan fingerprint density at radius 1 is 1.38 bits per heavy atom. The van der Waals surface area contributed by atoms with E-state index in [1.165, 1.54) is 0 Å². The Morgan fingerprint density at radius 3 is 3.00 bits per heavy atom. The topological polar surface area (TPSA) is 73.5 Å². The first-order valence-electron chi connectivity index (χ1n) is 6.97. The quantitative estimate of drug-likeness (QED) is 0.731. The molecule has 112 valence electrons. The van der Waals surface area contributed by atoms with Gasteiger partial charge in [-0.3, -0.25) is 10.1 Å². The molecule has 0 aromatic heterocycles. The van der Waals surface area contributed by atoms with Gasteiger partial charge in [-0.05, 0) is 18.6 Å². The zero-order chi connectivity index (χ0) is 15.1. The van der Waals surface area contributed by atoms with Gasteiger partial charge in [0.2, 0.25) is 5.91 Å². The summed E-state index contributed by atoms with van der Waals surface area (Å²) in [6.07, 6.45) is 2.49. The molecule has 0 fully saturated rings. The van der Waals surface area contributed by atoms with Crippen LogP contribution in [0.5, 0.6) is 0 Å². The van der Waals surface area contributed by atoms with E-state index in [1.807, 2.05) is 29.2 Å². The van der Waals surface area contributed by atoms with Crippen LogP contribution in [0, 0.1) is 0 Å². The number of anilines is 2. The Kier molecular flexibility index (Phi) is 5.20. The smallest absolute Gasteiger partial charge is 0.321 e. The van der Waals surface area contributed by atoms with Crippen molar-refractivity contribution in [2.45, 2.75) is 6.42 Å². The molecule has 0 saturated heterocycles. The number of carbonyl (C=O) groups excluding carboxylic acids is 2. The van der Waals surface area contributed by atoms with Crippen LogP contribution in [0.4, 0.5) is 16.2 Å². The summed E-state index contributed by atoms with van der Waals surface area (Å²) >= 11 is 0. The summed E-state index contributed by atoms with van der Waals surface area (Å²) in [7, 11) is 0. The van der Waals surface area contributed by atoms with Crippen LogP contribution >= 0.6 is 0 Å². The van der Waals surface area contributed by atoms with E-state index in [9.17, 15) is 9.59 Å². The molecular formula is C15H20N4O2. The van der Waals surface area contributed by atoms with Gasteiger partial charge in [-0.25, -0.2) is 4.79 Å². The van der Waals surface area contributed by atoms with Crippen molar-refractivity contribution >= 4 is 23.3 Å². The zero-order valence-corrected chi connectivity index (χ0v) is 11.9. The summed E-state index contributed by atoms with van der Waals surface area (Å²) in [5.74, 6) is -0.326. The third-order valence-corrected chi connectivity index (χ3v) is 3.16. The van der Waals surface area contributed by atoms with Gasteiger partial charge in [-0.15, -0.1) is 6.58 Å². The normalized spacial score (nSPS) is 13.4. The Bertz CT molecular complexity index is 530. The van der Waals surface area contributed by atoms with Crippen LogP contribution < -0.4 is 20.9 Å². The summed E-state index contributed by atoms with van der Waals surface area (Å²) in [4.78, 5) is 25.4. The fraction of sp³-hybridized carbons (Fsp3) is 0.333. The number of amides is 3. The first-order valence-corrected chi connectivity index (χ1v) is 6.97. The van der Waals surface area contributed by atoms with Crippen molar-refractivity contribution in [2.75, 3.05) is 36.4 Å². The van der Waals surface area contributed by atoms with Crippen molar-refractivity contribution in [2.24, 2.45) is 0 Å². The SMILES string of the molecule is C=CCNC(=O)NC(=O)CN1CCCNc2ccccc21. The number of benzene rings is 1. The van der Waals surface area contributed by atoms with Crippen LogP contribution in [0.15, 0.2) is 36.9 Å². The molecule has 1 aromatic carbocycles. The number of fused-ring (bicyclic) bond motifs is 1. The highest BCUT2D eigenvalue weighted by Gasteiger charge is 2.18. The molecule has 1 aromatic rings. The first kappa shape index (κ1) is 14.9. The van der Waals surface area contributed by atoms with Crippen LogP contribution in [-0.4, -0.2) is 38.1 Å². The van der Waals surface area contributed by atoms with Gasteiger partial charge in [0.05, 0.1) is 17.9 Å². The summed E-state index contributed by atoms with van der Waals surface area (Å²) in [6, 6.07) is 7.35. The van der Waals surface area contributed by atoms with Crippen molar-refractivity contribution in [3.8, 4) is 0 Å². The molecule has 0 bridgehead atoms. The molecule has 1 aliphatic heterocycles. The largest absolute Gasteiger partial charge is 0.383 e. The van der Waals surface area contributed by atoms with Crippen LogP contribution in [0.25, 0.3) is 0 Å². The van der Waals surface area contributed by atoms with E-state index in [0.717, 1.165) is 30.9 Å². The predicted molar refractivity (Wildman–Crippen MR) is 83.5 cm³/mol. The lowest BCUT2D eigenvalue weighted by molar-refractivity contribution is -0.118. The molecule has 6 nitrogen and oxygen atoms in total. The van der Waals surface area contributed by atoms with Gasteiger partial charge in [-0.1, -0.05) is 18.2 Å². The molecule has 6 heteroatoms. The fourth-order valence-electron chi connectivity index (χ4n) is 2.23. The molecule has 3 amide bonds. The number of nitrogens with zero attached hydrogens (tertiary/aromatic N) is 1. The molecule has 2 rings (SSSR count). The average Bonchev–Trinajstić information content (AvgIpc) is 2.68.